The van der Waals surface area contributed by atoms with E-state index in [1.54, 1.807) is 37.3 Å². The third kappa shape index (κ3) is 4.24. The van der Waals surface area contributed by atoms with Crippen molar-refractivity contribution in [2.75, 3.05) is 18.4 Å². The van der Waals surface area contributed by atoms with Crippen LogP contribution in [0.3, 0.4) is 0 Å². The van der Waals surface area contributed by atoms with E-state index in [1.165, 1.54) is 4.90 Å². The van der Waals surface area contributed by atoms with Gasteiger partial charge < -0.3 is 10.2 Å². The number of hydrogen-bond donors (Lipinski definition) is 1. The second-order valence-corrected chi connectivity index (χ2v) is 4.64. The minimum Gasteiger partial charge on any atom is -0.327 e. The SMILES string of the molecule is C=CCN(CC=C)C(=O)C(=O)Nc1ccc(Cl)cc1C. The highest BCUT2D eigenvalue weighted by atomic mass is 35.5. The second-order valence-electron chi connectivity index (χ2n) is 4.20. The molecule has 2 amide bonds. The molecule has 0 saturated carbocycles. The number of carbonyl (C=O) groups is 2. The smallest absolute Gasteiger partial charge is 0.313 e. The predicted molar refractivity (Wildman–Crippen MR) is 81.8 cm³/mol. The highest BCUT2D eigenvalue weighted by Gasteiger charge is 2.20. The summed E-state index contributed by atoms with van der Waals surface area (Å²) in [5.41, 5.74) is 1.35. The summed E-state index contributed by atoms with van der Waals surface area (Å²) < 4.78 is 0. The van der Waals surface area contributed by atoms with Crippen LogP contribution in [0.25, 0.3) is 0 Å². The molecule has 0 saturated heterocycles. The number of benzene rings is 1. The van der Waals surface area contributed by atoms with Crippen molar-refractivity contribution in [3.63, 3.8) is 0 Å². The van der Waals surface area contributed by atoms with Crippen LogP contribution in [-0.2, 0) is 9.59 Å². The fraction of sp³-hybridized carbons (Fsp3) is 0.200. The minimum absolute atomic E-state index is 0.290. The average Bonchev–Trinajstić information content (AvgIpc) is 2.40. The zero-order valence-corrected chi connectivity index (χ0v) is 12.1. The third-order valence-electron chi connectivity index (χ3n) is 2.62. The number of halogens is 1. The van der Waals surface area contributed by atoms with Gasteiger partial charge in [0.05, 0.1) is 0 Å². The van der Waals surface area contributed by atoms with Crippen LogP contribution in [0.5, 0.6) is 0 Å². The van der Waals surface area contributed by atoms with E-state index < -0.39 is 11.8 Å². The molecule has 1 aromatic carbocycles. The molecule has 20 heavy (non-hydrogen) atoms. The van der Waals surface area contributed by atoms with Crippen molar-refractivity contribution in [1.82, 2.24) is 4.90 Å². The van der Waals surface area contributed by atoms with E-state index in [-0.39, 0.29) is 13.1 Å². The van der Waals surface area contributed by atoms with E-state index in [9.17, 15) is 9.59 Å². The second kappa shape index (κ2) is 7.50. The van der Waals surface area contributed by atoms with Gasteiger partial charge in [-0.05, 0) is 30.7 Å². The molecule has 0 spiro atoms. The fourth-order valence-electron chi connectivity index (χ4n) is 1.64. The molecule has 4 nitrogen and oxygen atoms in total. The Bertz CT molecular complexity index is 531. The van der Waals surface area contributed by atoms with Gasteiger partial charge >= 0.3 is 11.8 Å². The lowest BCUT2D eigenvalue weighted by molar-refractivity contribution is -0.142. The summed E-state index contributed by atoms with van der Waals surface area (Å²) in [6.45, 7) is 9.50. The first-order valence-corrected chi connectivity index (χ1v) is 6.45. The van der Waals surface area contributed by atoms with Crippen LogP contribution >= 0.6 is 11.6 Å². The molecular weight excluding hydrogens is 276 g/mol. The molecule has 0 fully saturated rings. The summed E-state index contributed by atoms with van der Waals surface area (Å²) in [5, 5.41) is 3.15. The molecular formula is C15H17ClN2O2. The van der Waals surface area contributed by atoms with Crippen LogP contribution in [0, 0.1) is 6.92 Å². The Morgan fingerprint density at radius 3 is 2.40 bits per heavy atom. The van der Waals surface area contributed by atoms with E-state index in [0.29, 0.717) is 10.7 Å². The number of anilines is 1. The lowest BCUT2D eigenvalue weighted by Gasteiger charge is -2.18. The Morgan fingerprint density at radius 1 is 1.30 bits per heavy atom. The minimum atomic E-state index is -0.695. The molecule has 5 heteroatoms. The van der Waals surface area contributed by atoms with Crippen molar-refractivity contribution < 1.29 is 9.59 Å². The first-order valence-electron chi connectivity index (χ1n) is 6.07. The van der Waals surface area contributed by atoms with E-state index in [0.717, 1.165) is 5.56 Å². The van der Waals surface area contributed by atoms with Gasteiger partial charge in [-0.2, -0.15) is 0 Å². The van der Waals surface area contributed by atoms with Gasteiger partial charge in [-0.1, -0.05) is 23.8 Å². The molecule has 0 aliphatic carbocycles. The maximum absolute atomic E-state index is 12.0. The summed E-state index contributed by atoms with van der Waals surface area (Å²) in [7, 11) is 0. The number of carbonyl (C=O) groups excluding carboxylic acids is 2. The molecule has 0 atom stereocenters. The van der Waals surface area contributed by atoms with Gasteiger partial charge in [-0.25, -0.2) is 0 Å². The number of nitrogens with one attached hydrogen (secondary N) is 1. The molecule has 106 valence electrons. The van der Waals surface area contributed by atoms with Crippen LogP contribution in [0.1, 0.15) is 5.56 Å². The highest BCUT2D eigenvalue weighted by Crippen LogP contribution is 2.19. The van der Waals surface area contributed by atoms with Gasteiger partial charge in [-0.15, -0.1) is 13.2 Å². The number of nitrogens with zero attached hydrogens (tertiary/aromatic N) is 1. The predicted octanol–water partition coefficient (Wildman–Crippen LogP) is 2.79. The Morgan fingerprint density at radius 2 is 1.90 bits per heavy atom. The van der Waals surface area contributed by atoms with Crippen molar-refractivity contribution in [1.29, 1.82) is 0 Å². The van der Waals surface area contributed by atoms with E-state index in [4.69, 9.17) is 11.6 Å². The summed E-state index contributed by atoms with van der Waals surface area (Å²) in [5.74, 6) is -1.32. The van der Waals surface area contributed by atoms with Crippen molar-refractivity contribution in [3.8, 4) is 0 Å². The molecule has 1 aromatic rings. The Labute approximate surface area is 123 Å². The molecule has 1 N–H and O–H groups in total. The van der Waals surface area contributed by atoms with Crippen LogP contribution in [-0.4, -0.2) is 29.8 Å². The van der Waals surface area contributed by atoms with Crippen LogP contribution < -0.4 is 5.32 Å². The summed E-state index contributed by atoms with van der Waals surface area (Å²) in [6.07, 6.45) is 3.12. The Balaban J connectivity index is 2.80. The van der Waals surface area contributed by atoms with Crippen molar-refractivity contribution >= 4 is 29.1 Å². The van der Waals surface area contributed by atoms with Gasteiger partial charge in [-0.3, -0.25) is 9.59 Å². The highest BCUT2D eigenvalue weighted by molar-refractivity contribution is 6.39. The van der Waals surface area contributed by atoms with E-state index >= 15 is 0 Å². The van der Waals surface area contributed by atoms with Gasteiger partial charge in [0.25, 0.3) is 0 Å². The maximum Gasteiger partial charge on any atom is 0.313 e. The zero-order valence-electron chi connectivity index (χ0n) is 11.4. The fourth-order valence-corrected chi connectivity index (χ4v) is 1.87. The first-order chi connectivity index (χ1) is 9.49. The molecule has 0 heterocycles. The van der Waals surface area contributed by atoms with Gasteiger partial charge in [0.1, 0.15) is 0 Å². The van der Waals surface area contributed by atoms with Crippen molar-refractivity contribution in [2.45, 2.75) is 6.92 Å². The summed E-state index contributed by atoms with van der Waals surface area (Å²) in [6, 6.07) is 5.03. The standard InChI is InChI=1S/C15H17ClN2O2/c1-4-8-18(9-5-2)15(20)14(19)17-13-7-6-12(16)10-11(13)3/h4-7,10H,1-2,8-9H2,3H3,(H,17,19). The lowest BCUT2D eigenvalue weighted by atomic mass is 10.2. The van der Waals surface area contributed by atoms with Gasteiger partial charge in [0, 0.05) is 23.8 Å². The van der Waals surface area contributed by atoms with Gasteiger partial charge in [0.2, 0.25) is 0 Å². The number of amides is 2. The van der Waals surface area contributed by atoms with Crippen LogP contribution in [0.2, 0.25) is 5.02 Å². The molecule has 0 aliphatic rings. The Kier molecular flexibility index (Phi) is 6.00. The van der Waals surface area contributed by atoms with Gasteiger partial charge in [0.15, 0.2) is 0 Å². The first kappa shape index (κ1) is 16.0. The number of hydrogen-bond acceptors (Lipinski definition) is 2. The molecule has 1 rings (SSSR count). The normalized spacial score (nSPS) is 9.70. The molecule has 0 unspecified atom stereocenters. The average molecular weight is 293 g/mol. The van der Waals surface area contributed by atoms with E-state index in [1.807, 2.05) is 0 Å². The van der Waals surface area contributed by atoms with Crippen molar-refractivity contribution in [3.05, 3.63) is 54.1 Å². The number of aryl methyl sites for hydroxylation is 1. The zero-order chi connectivity index (χ0) is 15.1. The van der Waals surface area contributed by atoms with Crippen molar-refractivity contribution in [2.24, 2.45) is 0 Å². The monoisotopic (exact) mass is 292 g/mol. The molecule has 0 aliphatic heterocycles. The molecule has 0 bridgehead atoms. The number of rotatable bonds is 5. The largest absolute Gasteiger partial charge is 0.327 e. The third-order valence-corrected chi connectivity index (χ3v) is 2.85. The topological polar surface area (TPSA) is 49.4 Å². The lowest BCUT2D eigenvalue weighted by Crippen LogP contribution is -2.40. The molecule has 0 aromatic heterocycles. The Hall–Kier alpha value is -2.07. The van der Waals surface area contributed by atoms with Crippen LogP contribution in [0.4, 0.5) is 5.69 Å². The van der Waals surface area contributed by atoms with Crippen LogP contribution in [0.15, 0.2) is 43.5 Å². The summed E-state index contributed by atoms with van der Waals surface area (Å²) >= 11 is 5.84. The maximum atomic E-state index is 12.0. The van der Waals surface area contributed by atoms with E-state index in [2.05, 4.69) is 18.5 Å². The summed E-state index contributed by atoms with van der Waals surface area (Å²) in [4.78, 5) is 25.3. The quantitative estimate of drug-likeness (QED) is 0.670. The molecule has 0 radical (unpaired) electrons.